The van der Waals surface area contributed by atoms with Crippen molar-refractivity contribution in [3.05, 3.63) is 0 Å². The van der Waals surface area contributed by atoms with Gasteiger partial charge in [-0.3, -0.25) is 0 Å². The Kier molecular flexibility index (Phi) is 1.69. The van der Waals surface area contributed by atoms with Gasteiger partial charge in [0.15, 0.2) is 5.60 Å². The molecule has 0 radical (unpaired) electrons. The summed E-state index contributed by atoms with van der Waals surface area (Å²) >= 11 is 0. The van der Waals surface area contributed by atoms with Crippen molar-refractivity contribution in [3.63, 3.8) is 0 Å². The van der Waals surface area contributed by atoms with Crippen molar-refractivity contribution in [3.8, 4) is 0 Å². The Morgan fingerprint density at radius 3 is 2.15 bits per heavy atom. The molecule has 0 heterocycles. The Bertz CT molecular complexity index is 223. The van der Waals surface area contributed by atoms with E-state index in [1.165, 1.54) is 0 Å². The van der Waals surface area contributed by atoms with E-state index in [0.717, 1.165) is 0 Å². The SMILES string of the molecule is OC1(C(F)(F)F)C2CCC(C2)C1F. The standard InChI is InChI=1S/C8H10F4O/c9-6-4-1-2-5(3-4)7(6,13)8(10,11)12/h4-6,13H,1-3H2. The van der Waals surface area contributed by atoms with Crippen LogP contribution in [0.25, 0.3) is 0 Å². The molecule has 0 aromatic rings. The number of rotatable bonds is 0. The summed E-state index contributed by atoms with van der Waals surface area (Å²) in [7, 11) is 0. The Labute approximate surface area is 72.7 Å². The highest BCUT2D eigenvalue weighted by Crippen LogP contribution is 2.57. The van der Waals surface area contributed by atoms with Crippen molar-refractivity contribution in [2.75, 3.05) is 0 Å². The van der Waals surface area contributed by atoms with E-state index in [4.69, 9.17) is 0 Å². The van der Waals surface area contributed by atoms with Crippen molar-refractivity contribution in [1.29, 1.82) is 0 Å². The monoisotopic (exact) mass is 198 g/mol. The van der Waals surface area contributed by atoms with Crippen LogP contribution >= 0.6 is 0 Å². The van der Waals surface area contributed by atoms with Crippen LogP contribution in [-0.4, -0.2) is 23.1 Å². The van der Waals surface area contributed by atoms with Gasteiger partial charge in [-0.2, -0.15) is 13.2 Å². The van der Waals surface area contributed by atoms with Gasteiger partial charge in [-0.1, -0.05) is 0 Å². The van der Waals surface area contributed by atoms with Crippen molar-refractivity contribution in [1.82, 2.24) is 0 Å². The molecule has 0 aliphatic heterocycles. The molecule has 13 heavy (non-hydrogen) atoms. The van der Waals surface area contributed by atoms with Gasteiger partial charge in [0.25, 0.3) is 0 Å². The minimum atomic E-state index is -4.83. The summed E-state index contributed by atoms with van der Waals surface area (Å²) in [5.41, 5.74) is -3.06. The molecule has 2 rings (SSSR count). The van der Waals surface area contributed by atoms with Gasteiger partial charge in [-0.25, -0.2) is 4.39 Å². The van der Waals surface area contributed by atoms with Gasteiger partial charge in [-0.05, 0) is 31.1 Å². The van der Waals surface area contributed by atoms with Crippen molar-refractivity contribution in [2.45, 2.75) is 37.2 Å². The molecule has 2 aliphatic rings. The molecule has 1 nitrogen and oxygen atoms in total. The number of alkyl halides is 4. The highest BCUT2D eigenvalue weighted by atomic mass is 19.4. The molecule has 2 fully saturated rings. The smallest absolute Gasteiger partial charge is 0.378 e. The number of hydrogen-bond acceptors (Lipinski definition) is 1. The molecule has 0 spiro atoms. The molecule has 2 aliphatic carbocycles. The van der Waals surface area contributed by atoms with E-state index in [2.05, 4.69) is 0 Å². The zero-order valence-corrected chi connectivity index (χ0v) is 6.81. The average molecular weight is 198 g/mol. The number of aliphatic hydroxyl groups is 1. The fraction of sp³-hybridized carbons (Fsp3) is 1.00. The van der Waals surface area contributed by atoms with E-state index >= 15 is 0 Å². The molecule has 5 heteroatoms. The summed E-state index contributed by atoms with van der Waals surface area (Å²) in [6, 6.07) is 0. The Balaban J connectivity index is 2.33. The van der Waals surface area contributed by atoms with Crippen LogP contribution in [0.4, 0.5) is 17.6 Å². The van der Waals surface area contributed by atoms with Crippen LogP contribution in [0.2, 0.25) is 0 Å². The highest BCUT2D eigenvalue weighted by molar-refractivity contribution is 5.11. The summed E-state index contributed by atoms with van der Waals surface area (Å²) in [5, 5.41) is 9.29. The fourth-order valence-corrected chi connectivity index (χ4v) is 2.65. The lowest BCUT2D eigenvalue weighted by Gasteiger charge is -2.36. The average Bonchev–Trinajstić information content (AvgIpc) is 2.53. The Morgan fingerprint density at radius 1 is 1.23 bits per heavy atom. The Morgan fingerprint density at radius 2 is 1.85 bits per heavy atom. The topological polar surface area (TPSA) is 20.2 Å². The van der Waals surface area contributed by atoms with Gasteiger partial charge in [0.05, 0.1) is 0 Å². The first-order valence-corrected chi connectivity index (χ1v) is 4.30. The minimum Gasteiger partial charge on any atom is -0.378 e. The summed E-state index contributed by atoms with van der Waals surface area (Å²) in [6.45, 7) is 0. The van der Waals surface area contributed by atoms with Gasteiger partial charge in [0, 0.05) is 0 Å². The van der Waals surface area contributed by atoms with Gasteiger partial charge in [0.2, 0.25) is 0 Å². The second-order valence-electron chi connectivity index (χ2n) is 3.99. The van der Waals surface area contributed by atoms with Crippen molar-refractivity contribution in [2.24, 2.45) is 11.8 Å². The first kappa shape index (κ1) is 9.24. The summed E-state index contributed by atoms with van der Waals surface area (Å²) in [5.74, 6) is -1.51. The molecule has 76 valence electrons. The molecule has 4 atom stereocenters. The fourth-order valence-electron chi connectivity index (χ4n) is 2.65. The predicted octanol–water partition coefficient (Wildman–Crippen LogP) is 2.05. The van der Waals surface area contributed by atoms with E-state index in [0.29, 0.717) is 12.8 Å². The lowest BCUT2D eigenvalue weighted by Crippen LogP contribution is -2.56. The van der Waals surface area contributed by atoms with E-state index in [9.17, 15) is 22.7 Å². The van der Waals surface area contributed by atoms with E-state index in [1.807, 2.05) is 0 Å². The third kappa shape index (κ3) is 0.965. The van der Waals surface area contributed by atoms with Crippen LogP contribution in [0.1, 0.15) is 19.3 Å². The second kappa shape index (κ2) is 2.38. The molecule has 2 bridgehead atoms. The summed E-state index contributed by atoms with van der Waals surface area (Å²) < 4.78 is 50.3. The van der Waals surface area contributed by atoms with Crippen LogP contribution in [0.5, 0.6) is 0 Å². The van der Waals surface area contributed by atoms with Crippen molar-refractivity contribution < 1.29 is 22.7 Å². The zero-order chi connectivity index (χ0) is 9.85. The molecule has 1 N–H and O–H groups in total. The van der Waals surface area contributed by atoms with Crippen LogP contribution in [0, 0.1) is 11.8 Å². The number of halogens is 4. The lowest BCUT2D eigenvalue weighted by atomic mass is 9.82. The first-order valence-electron chi connectivity index (χ1n) is 4.30. The maximum atomic E-state index is 13.2. The van der Waals surface area contributed by atoms with Gasteiger partial charge >= 0.3 is 6.18 Å². The van der Waals surface area contributed by atoms with Gasteiger partial charge in [-0.15, -0.1) is 0 Å². The van der Waals surface area contributed by atoms with Crippen LogP contribution in [-0.2, 0) is 0 Å². The molecular formula is C8H10F4O. The predicted molar refractivity (Wildman–Crippen MR) is 36.7 cm³/mol. The summed E-state index contributed by atoms with van der Waals surface area (Å²) in [4.78, 5) is 0. The largest absolute Gasteiger partial charge is 0.420 e. The zero-order valence-electron chi connectivity index (χ0n) is 6.81. The third-order valence-corrected chi connectivity index (χ3v) is 3.38. The number of fused-ring (bicyclic) bond motifs is 2. The minimum absolute atomic E-state index is 0.178. The third-order valence-electron chi connectivity index (χ3n) is 3.38. The van der Waals surface area contributed by atoms with E-state index in [1.54, 1.807) is 0 Å². The molecule has 0 amide bonds. The molecule has 0 saturated heterocycles. The van der Waals surface area contributed by atoms with Crippen LogP contribution in [0.3, 0.4) is 0 Å². The van der Waals surface area contributed by atoms with Crippen LogP contribution < -0.4 is 0 Å². The number of hydrogen-bond donors (Lipinski definition) is 1. The van der Waals surface area contributed by atoms with Crippen molar-refractivity contribution >= 4 is 0 Å². The maximum Gasteiger partial charge on any atom is 0.420 e. The normalized spacial score (nSPS) is 50.1. The molecule has 4 unspecified atom stereocenters. The molecule has 0 aromatic heterocycles. The first-order chi connectivity index (χ1) is 5.87. The molecular weight excluding hydrogens is 188 g/mol. The Hall–Kier alpha value is -0.320. The maximum absolute atomic E-state index is 13.2. The van der Waals surface area contributed by atoms with Crippen LogP contribution in [0.15, 0.2) is 0 Å². The quantitative estimate of drug-likeness (QED) is 0.590. The molecule has 0 aromatic carbocycles. The highest BCUT2D eigenvalue weighted by Gasteiger charge is 2.70. The van der Waals surface area contributed by atoms with E-state index < -0.39 is 29.8 Å². The lowest BCUT2D eigenvalue weighted by molar-refractivity contribution is -0.295. The summed E-state index contributed by atoms with van der Waals surface area (Å²) in [6.07, 6.45) is -6.00. The van der Waals surface area contributed by atoms with E-state index in [-0.39, 0.29) is 6.42 Å². The second-order valence-corrected chi connectivity index (χ2v) is 3.99. The van der Waals surface area contributed by atoms with Gasteiger partial charge < -0.3 is 5.11 Å². The molecule has 2 saturated carbocycles. The van der Waals surface area contributed by atoms with Gasteiger partial charge in [0.1, 0.15) is 6.17 Å².